The second kappa shape index (κ2) is 13.9. The van der Waals surface area contributed by atoms with Gasteiger partial charge in [0.05, 0.1) is 5.69 Å². The summed E-state index contributed by atoms with van der Waals surface area (Å²) in [6.45, 7) is 7.30. The van der Waals surface area contributed by atoms with Gasteiger partial charge in [0.15, 0.2) is 11.1 Å². The van der Waals surface area contributed by atoms with Gasteiger partial charge in [0.2, 0.25) is 0 Å². The molecule has 0 saturated carbocycles. The van der Waals surface area contributed by atoms with Crippen LogP contribution in [0, 0.1) is 0 Å². The molecule has 0 amide bonds. The quantitative estimate of drug-likeness (QED) is 0.264. The topological polar surface area (TPSA) is 55.8 Å². The van der Waals surface area contributed by atoms with E-state index in [0.29, 0.717) is 6.04 Å². The highest BCUT2D eigenvalue weighted by Crippen LogP contribution is 2.24. The number of aromatic nitrogens is 1. The van der Waals surface area contributed by atoms with Crippen LogP contribution in [-0.4, -0.2) is 62.2 Å². The van der Waals surface area contributed by atoms with E-state index in [2.05, 4.69) is 75.1 Å². The number of halogens is 1. The van der Waals surface area contributed by atoms with E-state index >= 15 is 0 Å². The molecule has 2 heterocycles. The lowest BCUT2D eigenvalue weighted by atomic mass is 10.1. The number of aliphatic imine (C=N–C) groups is 1. The van der Waals surface area contributed by atoms with Crippen LogP contribution in [0.4, 0.5) is 5.13 Å². The standard InChI is InChI=1S/C23H36N6S.HI/c1-19(28(3)17-20-9-5-4-6-10-20)11-13-25-22(24-2)26-14-12-21-18-30-23(27-21)29-15-7-8-16-29;/h4-6,9-10,18-19H,7-8,11-17H2,1-3H3,(H2,24,25,26);1H. The van der Waals surface area contributed by atoms with E-state index in [1.807, 2.05) is 7.05 Å². The Morgan fingerprint density at radius 1 is 1.19 bits per heavy atom. The van der Waals surface area contributed by atoms with Gasteiger partial charge in [-0.2, -0.15) is 0 Å². The molecule has 0 radical (unpaired) electrons. The summed E-state index contributed by atoms with van der Waals surface area (Å²) in [5.74, 6) is 0.864. The molecular formula is C23H37IN6S. The minimum absolute atomic E-state index is 0. The maximum absolute atomic E-state index is 4.79. The van der Waals surface area contributed by atoms with Crippen LogP contribution in [0.2, 0.25) is 0 Å². The largest absolute Gasteiger partial charge is 0.356 e. The minimum atomic E-state index is 0. The Morgan fingerprint density at radius 2 is 1.90 bits per heavy atom. The summed E-state index contributed by atoms with van der Waals surface area (Å²) in [6.07, 6.45) is 4.56. The van der Waals surface area contributed by atoms with Crippen LogP contribution < -0.4 is 15.5 Å². The van der Waals surface area contributed by atoms with Gasteiger partial charge in [0, 0.05) is 57.6 Å². The molecule has 2 aromatic rings. The van der Waals surface area contributed by atoms with Crippen molar-refractivity contribution >= 4 is 46.4 Å². The SMILES string of the molecule is CN=C(NCCc1csc(N2CCCC2)n1)NCCC(C)N(C)Cc1ccccc1.I. The molecule has 1 fully saturated rings. The van der Waals surface area contributed by atoms with Gasteiger partial charge >= 0.3 is 0 Å². The van der Waals surface area contributed by atoms with Crippen LogP contribution in [0.5, 0.6) is 0 Å². The molecule has 1 aliphatic heterocycles. The Morgan fingerprint density at radius 3 is 2.61 bits per heavy atom. The zero-order valence-corrected chi connectivity index (χ0v) is 22.2. The normalized spacial score (nSPS) is 15.1. The number of hydrogen-bond acceptors (Lipinski definition) is 5. The zero-order valence-electron chi connectivity index (χ0n) is 19.0. The number of nitrogens with one attached hydrogen (secondary N) is 2. The number of rotatable bonds is 10. The van der Waals surface area contributed by atoms with Crippen molar-refractivity contribution < 1.29 is 0 Å². The van der Waals surface area contributed by atoms with Crippen molar-refractivity contribution in [3.8, 4) is 0 Å². The van der Waals surface area contributed by atoms with Crippen LogP contribution in [0.25, 0.3) is 0 Å². The summed E-state index contributed by atoms with van der Waals surface area (Å²) in [4.78, 5) is 13.9. The van der Waals surface area contributed by atoms with Crippen LogP contribution in [-0.2, 0) is 13.0 Å². The Labute approximate surface area is 208 Å². The van der Waals surface area contributed by atoms with Crippen molar-refractivity contribution in [1.29, 1.82) is 0 Å². The summed E-state index contributed by atoms with van der Waals surface area (Å²) >= 11 is 1.77. The van der Waals surface area contributed by atoms with Gasteiger partial charge in [-0.25, -0.2) is 4.98 Å². The summed E-state index contributed by atoms with van der Waals surface area (Å²) < 4.78 is 0. The monoisotopic (exact) mass is 556 g/mol. The molecular weight excluding hydrogens is 519 g/mol. The van der Waals surface area contributed by atoms with Gasteiger partial charge in [0.1, 0.15) is 0 Å². The third-order valence-corrected chi connectivity index (χ3v) is 6.65. The first-order valence-corrected chi connectivity index (χ1v) is 11.9. The van der Waals surface area contributed by atoms with Crippen molar-refractivity contribution in [3.63, 3.8) is 0 Å². The number of nitrogens with zero attached hydrogens (tertiary/aromatic N) is 4. The lowest BCUT2D eigenvalue weighted by Gasteiger charge is -2.25. The highest BCUT2D eigenvalue weighted by molar-refractivity contribution is 14.0. The van der Waals surface area contributed by atoms with Crippen molar-refractivity contribution in [3.05, 3.63) is 47.0 Å². The highest BCUT2D eigenvalue weighted by atomic mass is 127. The van der Waals surface area contributed by atoms with Gasteiger partial charge in [0.25, 0.3) is 0 Å². The van der Waals surface area contributed by atoms with Gasteiger partial charge < -0.3 is 15.5 Å². The number of hydrogen-bond donors (Lipinski definition) is 2. The number of anilines is 1. The fraction of sp³-hybridized carbons (Fsp3) is 0.565. The number of benzene rings is 1. The molecule has 0 aliphatic carbocycles. The number of thiazole rings is 1. The highest BCUT2D eigenvalue weighted by Gasteiger charge is 2.15. The molecule has 6 nitrogen and oxygen atoms in total. The van der Waals surface area contributed by atoms with Gasteiger partial charge in [-0.1, -0.05) is 30.3 Å². The lowest BCUT2D eigenvalue weighted by molar-refractivity contribution is 0.238. The van der Waals surface area contributed by atoms with E-state index in [1.54, 1.807) is 11.3 Å². The molecule has 1 aromatic heterocycles. The summed E-state index contributed by atoms with van der Waals surface area (Å²) in [6, 6.07) is 11.1. The smallest absolute Gasteiger partial charge is 0.190 e. The van der Waals surface area contributed by atoms with E-state index in [0.717, 1.165) is 51.5 Å². The Balaban J connectivity index is 0.00000341. The molecule has 0 spiro atoms. The van der Waals surface area contributed by atoms with Crippen LogP contribution in [0.15, 0.2) is 40.7 Å². The van der Waals surface area contributed by atoms with Crippen LogP contribution in [0.1, 0.15) is 37.4 Å². The van der Waals surface area contributed by atoms with Crippen LogP contribution >= 0.6 is 35.3 Å². The molecule has 0 bridgehead atoms. The van der Waals surface area contributed by atoms with Gasteiger partial charge in [-0.3, -0.25) is 9.89 Å². The molecule has 3 rings (SSSR count). The molecule has 1 aliphatic rings. The molecule has 1 aromatic carbocycles. The molecule has 172 valence electrons. The third-order valence-electron chi connectivity index (χ3n) is 5.70. The second-order valence-corrected chi connectivity index (χ2v) is 8.87. The Bertz CT molecular complexity index is 775. The van der Waals surface area contributed by atoms with Crippen molar-refractivity contribution in [2.45, 2.75) is 45.2 Å². The lowest BCUT2D eigenvalue weighted by Crippen LogP contribution is -2.40. The van der Waals surface area contributed by atoms with E-state index in [-0.39, 0.29) is 24.0 Å². The summed E-state index contributed by atoms with van der Waals surface area (Å²) in [5.41, 5.74) is 2.52. The van der Waals surface area contributed by atoms with E-state index in [9.17, 15) is 0 Å². The molecule has 1 atom stereocenters. The van der Waals surface area contributed by atoms with Gasteiger partial charge in [-0.05, 0) is 38.8 Å². The van der Waals surface area contributed by atoms with E-state index in [1.165, 1.54) is 29.2 Å². The predicted molar refractivity (Wildman–Crippen MR) is 144 cm³/mol. The van der Waals surface area contributed by atoms with Crippen molar-refractivity contribution in [2.24, 2.45) is 4.99 Å². The molecule has 31 heavy (non-hydrogen) atoms. The second-order valence-electron chi connectivity index (χ2n) is 8.03. The summed E-state index contributed by atoms with van der Waals surface area (Å²) in [7, 11) is 4.02. The average molecular weight is 557 g/mol. The number of guanidine groups is 1. The predicted octanol–water partition coefficient (Wildman–Crippen LogP) is 3.98. The van der Waals surface area contributed by atoms with E-state index < -0.39 is 0 Å². The van der Waals surface area contributed by atoms with E-state index in [4.69, 9.17) is 4.98 Å². The zero-order chi connectivity index (χ0) is 21.2. The molecule has 8 heteroatoms. The third kappa shape index (κ3) is 8.57. The fourth-order valence-electron chi connectivity index (χ4n) is 3.64. The summed E-state index contributed by atoms with van der Waals surface area (Å²) in [5, 5.41) is 10.2. The van der Waals surface area contributed by atoms with Gasteiger partial charge in [-0.15, -0.1) is 35.3 Å². The molecule has 1 saturated heterocycles. The van der Waals surface area contributed by atoms with Crippen molar-refractivity contribution in [1.82, 2.24) is 20.5 Å². The Hall–Kier alpha value is -1.39. The maximum atomic E-state index is 4.79. The average Bonchev–Trinajstić information content (AvgIpc) is 3.45. The molecule has 2 N–H and O–H groups in total. The molecule has 1 unspecified atom stereocenters. The Kier molecular flexibility index (Phi) is 11.6. The maximum Gasteiger partial charge on any atom is 0.190 e. The fourth-order valence-corrected chi connectivity index (χ4v) is 4.56. The first-order chi connectivity index (χ1) is 14.7. The minimum Gasteiger partial charge on any atom is -0.356 e. The van der Waals surface area contributed by atoms with Crippen molar-refractivity contribution in [2.75, 3.05) is 45.2 Å². The van der Waals surface area contributed by atoms with Crippen LogP contribution in [0.3, 0.4) is 0 Å². The first kappa shape index (κ1) is 25.9. The first-order valence-electron chi connectivity index (χ1n) is 11.0.